The summed E-state index contributed by atoms with van der Waals surface area (Å²) in [5.74, 6) is 1.43. The maximum Gasteiger partial charge on any atom is 0.258 e. The Morgan fingerprint density at radius 1 is 0.957 bits per heavy atom. The molecule has 1 amide bonds. The van der Waals surface area contributed by atoms with Crippen LogP contribution < -0.4 is 14.8 Å². The van der Waals surface area contributed by atoms with E-state index >= 15 is 0 Å². The lowest BCUT2D eigenvalue weighted by molar-refractivity contribution is -0.123. The van der Waals surface area contributed by atoms with Gasteiger partial charge in [-0.05, 0) is 49.6 Å². The minimum atomic E-state index is -0.155. The van der Waals surface area contributed by atoms with Gasteiger partial charge in [-0.25, -0.2) is 0 Å². The number of nitrogens with one attached hydrogen (secondary N) is 1. The highest BCUT2D eigenvalue weighted by molar-refractivity contribution is 5.77. The minimum absolute atomic E-state index is 0.00826. The molecule has 0 spiro atoms. The molecule has 4 nitrogen and oxygen atoms in total. The molecule has 2 rings (SSSR count). The molecule has 0 atom stereocenters. The molecule has 2 aromatic rings. The van der Waals surface area contributed by atoms with Crippen LogP contribution >= 0.6 is 0 Å². The van der Waals surface area contributed by atoms with Crippen molar-refractivity contribution in [3.05, 3.63) is 59.2 Å². The molecule has 0 fully saturated rings. The average Bonchev–Trinajstić information content (AvgIpc) is 2.54. The van der Waals surface area contributed by atoms with Crippen LogP contribution in [0.3, 0.4) is 0 Å². The van der Waals surface area contributed by atoms with Crippen LogP contribution in [0.5, 0.6) is 11.5 Å². The van der Waals surface area contributed by atoms with E-state index in [0.29, 0.717) is 13.2 Å². The van der Waals surface area contributed by atoms with Gasteiger partial charge in [0.25, 0.3) is 5.91 Å². The monoisotopic (exact) mass is 313 g/mol. The second kappa shape index (κ2) is 8.22. The van der Waals surface area contributed by atoms with Crippen LogP contribution in [0.4, 0.5) is 0 Å². The Morgan fingerprint density at radius 3 is 2.48 bits per heavy atom. The van der Waals surface area contributed by atoms with E-state index in [4.69, 9.17) is 9.47 Å². The minimum Gasteiger partial charge on any atom is -0.491 e. The lowest BCUT2D eigenvalue weighted by Gasteiger charge is -2.11. The molecular weight excluding hydrogens is 290 g/mol. The lowest BCUT2D eigenvalue weighted by Crippen LogP contribution is -2.32. The zero-order chi connectivity index (χ0) is 16.7. The maximum absolute atomic E-state index is 11.8. The third-order valence-corrected chi connectivity index (χ3v) is 3.48. The van der Waals surface area contributed by atoms with Crippen LogP contribution in [0, 0.1) is 20.8 Å². The molecule has 0 heterocycles. The molecule has 1 N–H and O–H groups in total. The largest absolute Gasteiger partial charge is 0.491 e. The first-order chi connectivity index (χ1) is 11.1. The Bertz CT molecular complexity index is 667. The van der Waals surface area contributed by atoms with E-state index in [2.05, 4.69) is 5.32 Å². The van der Waals surface area contributed by atoms with Crippen molar-refractivity contribution in [3.8, 4) is 11.5 Å². The fraction of sp³-hybridized carbons (Fsp3) is 0.316. The molecule has 2 aromatic carbocycles. The van der Waals surface area contributed by atoms with Gasteiger partial charge in [-0.3, -0.25) is 4.79 Å². The van der Waals surface area contributed by atoms with Gasteiger partial charge in [-0.1, -0.05) is 30.3 Å². The molecule has 0 aliphatic heterocycles. The third kappa shape index (κ3) is 5.33. The van der Waals surface area contributed by atoms with Gasteiger partial charge < -0.3 is 14.8 Å². The first-order valence-electron chi connectivity index (χ1n) is 7.71. The summed E-state index contributed by atoms with van der Waals surface area (Å²) in [6.07, 6.45) is 0. The summed E-state index contributed by atoms with van der Waals surface area (Å²) in [7, 11) is 0. The van der Waals surface area contributed by atoms with Gasteiger partial charge in [0.15, 0.2) is 6.61 Å². The van der Waals surface area contributed by atoms with Gasteiger partial charge in [0.2, 0.25) is 0 Å². The third-order valence-electron chi connectivity index (χ3n) is 3.48. The molecule has 23 heavy (non-hydrogen) atoms. The van der Waals surface area contributed by atoms with Crippen molar-refractivity contribution in [3.63, 3.8) is 0 Å². The van der Waals surface area contributed by atoms with E-state index in [9.17, 15) is 4.79 Å². The number of hydrogen-bond acceptors (Lipinski definition) is 3. The Balaban J connectivity index is 1.69. The van der Waals surface area contributed by atoms with Crippen molar-refractivity contribution in [1.82, 2.24) is 5.32 Å². The maximum atomic E-state index is 11.8. The first kappa shape index (κ1) is 16.9. The summed E-state index contributed by atoms with van der Waals surface area (Å²) in [4.78, 5) is 11.8. The Morgan fingerprint density at radius 2 is 1.70 bits per heavy atom. The SMILES string of the molecule is Cc1ccc(C)c(OCCNC(=O)COc2ccccc2C)c1. The van der Waals surface area contributed by atoms with Crippen molar-refractivity contribution in [2.75, 3.05) is 19.8 Å². The van der Waals surface area contributed by atoms with Crippen LogP contribution in [0.1, 0.15) is 16.7 Å². The number of hydrogen-bond donors (Lipinski definition) is 1. The Kier molecular flexibility index (Phi) is 6.03. The van der Waals surface area contributed by atoms with Crippen LogP contribution in [0.25, 0.3) is 0 Å². The molecule has 0 bridgehead atoms. The molecule has 122 valence electrons. The number of carbonyl (C=O) groups is 1. The molecule has 0 saturated carbocycles. The molecule has 0 aromatic heterocycles. The number of carbonyl (C=O) groups excluding carboxylic acids is 1. The van der Waals surface area contributed by atoms with Crippen molar-refractivity contribution < 1.29 is 14.3 Å². The van der Waals surface area contributed by atoms with Crippen LogP contribution in [-0.4, -0.2) is 25.7 Å². The molecule has 0 saturated heterocycles. The predicted molar refractivity (Wildman–Crippen MR) is 91.1 cm³/mol. The van der Waals surface area contributed by atoms with Crippen molar-refractivity contribution in [2.45, 2.75) is 20.8 Å². The summed E-state index contributed by atoms with van der Waals surface area (Å²) >= 11 is 0. The molecule has 0 aliphatic carbocycles. The fourth-order valence-corrected chi connectivity index (χ4v) is 2.13. The molecule has 0 radical (unpaired) electrons. The number of benzene rings is 2. The van der Waals surface area contributed by atoms with E-state index in [0.717, 1.165) is 28.2 Å². The Hall–Kier alpha value is -2.49. The highest BCUT2D eigenvalue weighted by Crippen LogP contribution is 2.18. The summed E-state index contributed by atoms with van der Waals surface area (Å²) in [6.45, 7) is 6.86. The smallest absolute Gasteiger partial charge is 0.258 e. The summed E-state index contributed by atoms with van der Waals surface area (Å²) in [6, 6.07) is 13.7. The number of para-hydroxylation sites is 1. The Labute approximate surface area is 137 Å². The fourth-order valence-electron chi connectivity index (χ4n) is 2.13. The lowest BCUT2D eigenvalue weighted by atomic mass is 10.1. The number of amides is 1. The molecular formula is C19H23NO3. The standard InChI is InChI=1S/C19H23NO3/c1-14-8-9-16(3)18(12-14)22-11-10-20-19(21)13-23-17-7-5-4-6-15(17)2/h4-9,12H,10-11,13H2,1-3H3,(H,20,21). The number of aryl methyl sites for hydroxylation is 3. The average molecular weight is 313 g/mol. The molecule has 0 unspecified atom stereocenters. The van der Waals surface area contributed by atoms with Crippen LogP contribution in [0.2, 0.25) is 0 Å². The van der Waals surface area contributed by atoms with Gasteiger partial charge in [-0.15, -0.1) is 0 Å². The number of ether oxygens (including phenoxy) is 2. The van der Waals surface area contributed by atoms with E-state index in [1.807, 2.05) is 63.2 Å². The molecule has 0 aliphatic rings. The highest BCUT2D eigenvalue weighted by Gasteiger charge is 2.05. The van der Waals surface area contributed by atoms with Gasteiger partial charge >= 0.3 is 0 Å². The van der Waals surface area contributed by atoms with E-state index in [-0.39, 0.29) is 12.5 Å². The van der Waals surface area contributed by atoms with Gasteiger partial charge in [-0.2, -0.15) is 0 Å². The van der Waals surface area contributed by atoms with E-state index in [1.165, 1.54) is 0 Å². The van der Waals surface area contributed by atoms with Gasteiger partial charge in [0, 0.05) is 0 Å². The summed E-state index contributed by atoms with van der Waals surface area (Å²) < 4.78 is 11.2. The van der Waals surface area contributed by atoms with Crippen molar-refractivity contribution >= 4 is 5.91 Å². The van der Waals surface area contributed by atoms with Crippen LogP contribution in [-0.2, 0) is 4.79 Å². The topological polar surface area (TPSA) is 47.6 Å². The highest BCUT2D eigenvalue weighted by atomic mass is 16.5. The van der Waals surface area contributed by atoms with Gasteiger partial charge in [0.1, 0.15) is 18.1 Å². The normalized spacial score (nSPS) is 10.2. The summed E-state index contributed by atoms with van der Waals surface area (Å²) in [5, 5.41) is 2.79. The van der Waals surface area contributed by atoms with Crippen molar-refractivity contribution in [1.29, 1.82) is 0 Å². The zero-order valence-corrected chi connectivity index (χ0v) is 13.9. The van der Waals surface area contributed by atoms with E-state index in [1.54, 1.807) is 0 Å². The van der Waals surface area contributed by atoms with E-state index < -0.39 is 0 Å². The zero-order valence-electron chi connectivity index (χ0n) is 13.9. The molecule has 4 heteroatoms. The quantitative estimate of drug-likeness (QED) is 0.799. The number of rotatable bonds is 7. The van der Waals surface area contributed by atoms with Crippen molar-refractivity contribution in [2.24, 2.45) is 0 Å². The second-order valence-electron chi connectivity index (χ2n) is 5.52. The van der Waals surface area contributed by atoms with Gasteiger partial charge in [0.05, 0.1) is 6.54 Å². The van der Waals surface area contributed by atoms with Crippen LogP contribution in [0.15, 0.2) is 42.5 Å². The first-order valence-corrected chi connectivity index (χ1v) is 7.71. The summed E-state index contributed by atoms with van der Waals surface area (Å²) in [5.41, 5.74) is 3.25. The second-order valence-corrected chi connectivity index (χ2v) is 5.52. The predicted octanol–water partition coefficient (Wildman–Crippen LogP) is 3.19.